The van der Waals surface area contributed by atoms with Crippen molar-refractivity contribution >= 4 is 5.69 Å². The molecular weight excluding hydrogens is 238 g/mol. The zero-order chi connectivity index (χ0) is 14.3. The highest BCUT2D eigenvalue weighted by atomic mass is 16.3. The first-order valence-electron chi connectivity index (χ1n) is 6.74. The Morgan fingerprint density at radius 2 is 2.26 bits per heavy atom. The second-order valence-corrected chi connectivity index (χ2v) is 4.95. The summed E-state index contributed by atoms with van der Waals surface area (Å²) in [5.74, 6) is 0. The van der Waals surface area contributed by atoms with Gasteiger partial charge >= 0.3 is 0 Å². The summed E-state index contributed by atoms with van der Waals surface area (Å²) in [6.45, 7) is 12.2. The van der Waals surface area contributed by atoms with Gasteiger partial charge in [0.2, 0.25) is 0 Å². The van der Waals surface area contributed by atoms with Gasteiger partial charge in [0.25, 0.3) is 0 Å². The van der Waals surface area contributed by atoms with Crippen LogP contribution in [0.4, 0.5) is 5.69 Å². The molecule has 0 aliphatic heterocycles. The van der Waals surface area contributed by atoms with Crippen molar-refractivity contribution in [3.8, 4) is 0 Å². The minimum absolute atomic E-state index is 0.131. The Kier molecular flexibility index (Phi) is 6.53. The van der Waals surface area contributed by atoms with E-state index in [-0.39, 0.29) is 6.61 Å². The second kappa shape index (κ2) is 7.92. The number of aromatic nitrogens is 1. The Bertz CT molecular complexity index is 404. The quantitative estimate of drug-likeness (QED) is 0.703. The smallest absolute Gasteiger partial charge is 0.0606 e. The van der Waals surface area contributed by atoms with E-state index in [0.29, 0.717) is 12.6 Å². The fourth-order valence-electron chi connectivity index (χ4n) is 1.90. The normalized spacial score (nSPS) is 10.8. The van der Waals surface area contributed by atoms with Gasteiger partial charge in [0, 0.05) is 48.8 Å². The van der Waals surface area contributed by atoms with Crippen LogP contribution >= 0.6 is 0 Å². The molecule has 0 aliphatic rings. The molecule has 0 aromatic carbocycles. The van der Waals surface area contributed by atoms with Gasteiger partial charge in [-0.3, -0.25) is 4.98 Å². The molecule has 0 atom stereocenters. The van der Waals surface area contributed by atoms with Gasteiger partial charge in [-0.1, -0.05) is 19.9 Å². The van der Waals surface area contributed by atoms with E-state index in [2.05, 4.69) is 41.7 Å². The molecule has 0 bridgehead atoms. The van der Waals surface area contributed by atoms with E-state index < -0.39 is 0 Å². The van der Waals surface area contributed by atoms with Crippen molar-refractivity contribution < 1.29 is 5.11 Å². The van der Waals surface area contributed by atoms with Crippen molar-refractivity contribution in [2.75, 3.05) is 24.6 Å². The first kappa shape index (κ1) is 15.7. The summed E-state index contributed by atoms with van der Waals surface area (Å²) in [5.41, 5.74) is 3.25. The highest BCUT2D eigenvalue weighted by molar-refractivity contribution is 5.54. The summed E-state index contributed by atoms with van der Waals surface area (Å²) in [4.78, 5) is 6.49. The molecule has 1 heterocycles. The van der Waals surface area contributed by atoms with Crippen molar-refractivity contribution in [2.24, 2.45) is 0 Å². The zero-order valence-corrected chi connectivity index (χ0v) is 12.2. The molecule has 0 fully saturated rings. The van der Waals surface area contributed by atoms with Gasteiger partial charge in [0.15, 0.2) is 0 Å². The van der Waals surface area contributed by atoms with Gasteiger partial charge in [-0.2, -0.15) is 0 Å². The fraction of sp³-hybridized carbons (Fsp3) is 0.533. The van der Waals surface area contributed by atoms with Crippen molar-refractivity contribution in [2.45, 2.75) is 33.4 Å². The summed E-state index contributed by atoms with van der Waals surface area (Å²) in [6.07, 6.45) is 3.76. The number of aliphatic hydroxyl groups excluding tert-OH is 1. The molecule has 1 aromatic heterocycles. The van der Waals surface area contributed by atoms with Crippen LogP contribution in [0.1, 0.15) is 25.1 Å². The van der Waals surface area contributed by atoms with Crippen LogP contribution in [-0.2, 0) is 6.54 Å². The maximum Gasteiger partial charge on any atom is 0.0606 e. The zero-order valence-electron chi connectivity index (χ0n) is 12.2. The van der Waals surface area contributed by atoms with Crippen LogP contribution in [0.25, 0.3) is 0 Å². The van der Waals surface area contributed by atoms with Crippen molar-refractivity contribution in [3.05, 3.63) is 36.2 Å². The molecule has 0 amide bonds. The molecular formula is C15H25N3O. The summed E-state index contributed by atoms with van der Waals surface area (Å²) < 4.78 is 0. The van der Waals surface area contributed by atoms with Gasteiger partial charge in [-0.05, 0) is 13.0 Å². The Balaban J connectivity index is 2.99. The van der Waals surface area contributed by atoms with Crippen molar-refractivity contribution in [1.82, 2.24) is 10.3 Å². The lowest BCUT2D eigenvalue weighted by atomic mass is 10.1. The van der Waals surface area contributed by atoms with E-state index in [1.807, 2.05) is 19.2 Å². The van der Waals surface area contributed by atoms with Gasteiger partial charge in [-0.25, -0.2) is 0 Å². The minimum Gasteiger partial charge on any atom is -0.395 e. The average Bonchev–Trinajstić information content (AvgIpc) is 2.37. The Morgan fingerprint density at radius 3 is 2.84 bits per heavy atom. The summed E-state index contributed by atoms with van der Waals surface area (Å²) in [7, 11) is 0. The van der Waals surface area contributed by atoms with Crippen LogP contribution in [0.2, 0.25) is 0 Å². The molecule has 0 saturated carbocycles. The average molecular weight is 263 g/mol. The van der Waals surface area contributed by atoms with E-state index in [0.717, 1.165) is 30.0 Å². The van der Waals surface area contributed by atoms with Crippen LogP contribution in [0.5, 0.6) is 0 Å². The Morgan fingerprint density at radius 1 is 1.53 bits per heavy atom. The van der Waals surface area contributed by atoms with E-state index in [1.54, 1.807) is 0 Å². The van der Waals surface area contributed by atoms with Crippen LogP contribution < -0.4 is 10.2 Å². The lowest BCUT2D eigenvalue weighted by Gasteiger charge is -2.25. The lowest BCUT2D eigenvalue weighted by Crippen LogP contribution is -2.29. The first-order chi connectivity index (χ1) is 9.08. The van der Waals surface area contributed by atoms with Crippen LogP contribution in [0, 0.1) is 6.92 Å². The number of nitrogens with zero attached hydrogens (tertiary/aromatic N) is 2. The third kappa shape index (κ3) is 5.01. The number of rotatable bonds is 8. The minimum atomic E-state index is 0.131. The lowest BCUT2D eigenvalue weighted by molar-refractivity contribution is 0.303. The Hall–Kier alpha value is -1.39. The van der Waals surface area contributed by atoms with Crippen LogP contribution in [0.3, 0.4) is 0 Å². The Labute approximate surface area is 116 Å². The standard InChI is InChI=1S/C15H25N3O/c1-5-6-18(7-8-19)15-9-13(4)17-11-14(15)10-16-12(2)3/h5,9,11-12,16,19H,1,6-8,10H2,2-4H3. The molecule has 19 heavy (non-hydrogen) atoms. The molecule has 0 unspecified atom stereocenters. The van der Waals surface area contributed by atoms with Crippen molar-refractivity contribution in [1.29, 1.82) is 0 Å². The van der Waals surface area contributed by atoms with Gasteiger partial charge < -0.3 is 15.3 Å². The topological polar surface area (TPSA) is 48.4 Å². The maximum absolute atomic E-state index is 9.20. The molecule has 4 nitrogen and oxygen atoms in total. The second-order valence-electron chi connectivity index (χ2n) is 4.95. The predicted molar refractivity (Wildman–Crippen MR) is 80.4 cm³/mol. The summed E-state index contributed by atoms with van der Waals surface area (Å²) >= 11 is 0. The number of nitrogens with one attached hydrogen (secondary N) is 1. The van der Waals surface area contributed by atoms with Gasteiger partial charge in [-0.15, -0.1) is 6.58 Å². The van der Waals surface area contributed by atoms with Crippen molar-refractivity contribution in [3.63, 3.8) is 0 Å². The van der Waals surface area contributed by atoms with E-state index in [1.165, 1.54) is 0 Å². The molecule has 1 rings (SSSR count). The number of hydrogen-bond donors (Lipinski definition) is 2. The third-order valence-electron chi connectivity index (χ3n) is 2.86. The summed E-state index contributed by atoms with van der Waals surface area (Å²) in [6, 6.07) is 2.50. The van der Waals surface area contributed by atoms with Crippen LogP contribution in [-0.4, -0.2) is 35.8 Å². The molecule has 0 spiro atoms. The molecule has 1 aromatic rings. The molecule has 106 valence electrons. The molecule has 2 N–H and O–H groups in total. The third-order valence-corrected chi connectivity index (χ3v) is 2.86. The van der Waals surface area contributed by atoms with Crippen LogP contribution in [0.15, 0.2) is 24.9 Å². The molecule has 0 aliphatic carbocycles. The fourth-order valence-corrected chi connectivity index (χ4v) is 1.90. The molecule has 0 saturated heterocycles. The number of hydrogen-bond acceptors (Lipinski definition) is 4. The monoisotopic (exact) mass is 263 g/mol. The highest BCUT2D eigenvalue weighted by Crippen LogP contribution is 2.21. The molecule has 0 radical (unpaired) electrons. The molecule has 4 heteroatoms. The van der Waals surface area contributed by atoms with E-state index in [9.17, 15) is 5.11 Å². The number of anilines is 1. The first-order valence-corrected chi connectivity index (χ1v) is 6.74. The predicted octanol–water partition coefficient (Wildman–Crippen LogP) is 1.87. The van der Waals surface area contributed by atoms with E-state index >= 15 is 0 Å². The van der Waals surface area contributed by atoms with E-state index in [4.69, 9.17) is 0 Å². The summed E-state index contributed by atoms with van der Waals surface area (Å²) in [5, 5.41) is 12.6. The maximum atomic E-state index is 9.20. The number of pyridine rings is 1. The number of aliphatic hydroxyl groups is 1. The largest absolute Gasteiger partial charge is 0.395 e. The SMILES string of the molecule is C=CCN(CCO)c1cc(C)ncc1CNC(C)C. The number of aryl methyl sites for hydroxylation is 1. The van der Waals surface area contributed by atoms with Gasteiger partial charge in [0.1, 0.15) is 0 Å². The highest BCUT2D eigenvalue weighted by Gasteiger charge is 2.11. The van der Waals surface area contributed by atoms with Gasteiger partial charge in [0.05, 0.1) is 6.61 Å².